The maximum Gasteiger partial charge on any atom is 0.336 e. The normalized spacial score (nSPS) is 17.2. The predicted molar refractivity (Wildman–Crippen MR) is 118 cm³/mol. The SMILES string of the molecule is Cc1ccccc1-c1cc(=O)oc2cc(C(C=O)C(=O)N3CCC[C@H](C(=O)O)C3)ccc12. The van der Waals surface area contributed by atoms with Crippen LogP contribution >= 0.6 is 0 Å². The van der Waals surface area contributed by atoms with E-state index >= 15 is 0 Å². The fraction of sp³-hybridized carbons (Fsp3) is 0.280. The van der Waals surface area contributed by atoms with Gasteiger partial charge in [0.2, 0.25) is 5.91 Å². The van der Waals surface area contributed by atoms with Crippen molar-refractivity contribution in [1.29, 1.82) is 0 Å². The van der Waals surface area contributed by atoms with Gasteiger partial charge in [-0.15, -0.1) is 0 Å². The van der Waals surface area contributed by atoms with E-state index in [9.17, 15) is 24.3 Å². The number of carbonyl (C=O) groups excluding carboxylic acids is 2. The van der Waals surface area contributed by atoms with Gasteiger partial charge in [0.15, 0.2) is 0 Å². The van der Waals surface area contributed by atoms with E-state index in [0.717, 1.165) is 16.7 Å². The second kappa shape index (κ2) is 8.78. The molecule has 0 aliphatic carbocycles. The average molecular weight is 433 g/mol. The van der Waals surface area contributed by atoms with E-state index in [0.29, 0.717) is 36.6 Å². The van der Waals surface area contributed by atoms with Crippen LogP contribution in [-0.4, -0.2) is 41.3 Å². The highest BCUT2D eigenvalue weighted by atomic mass is 16.4. The van der Waals surface area contributed by atoms with Gasteiger partial charge < -0.3 is 19.2 Å². The number of aliphatic carboxylic acids is 1. The van der Waals surface area contributed by atoms with Gasteiger partial charge in [0.05, 0.1) is 5.92 Å². The molecule has 0 spiro atoms. The maximum absolute atomic E-state index is 13.0. The summed E-state index contributed by atoms with van der Waals surface area (Å²) in [5.74, 6) is -3.12. The number of hydrogen-bond donors (Lipinski definition) is 1. The first-order chi connectivity index (χ1) is 15.4. The number of aryl methyl sites for hydroxylation is 1. The van der Waals surface area contributed by atoms with Crippen LogP contribution in [0.25, 0.3) is 22.1 Å². The second-order valence-electron chi connectivity index (χ2n) is 8.13. The molecule has 1 aliphatic rings. The van der Waals surface area contributed by atoms with Gasteiger partial charge in [0.1, 0.15) is 17.8 Å². The first-order valence-corrected chi connectivity index (χ1v) is 10.5. The van der Waals surface area contributed by atoms with Crippen molar-refractivity contribution in [2.24, 2.45) is 5.92 Å². The number of carboxylic acids is 1. The van der Waals surface area contributed by atoms with Crippen molar-refractivity contribution in [3.63, 3.8) is 0 Å². The molecular weight excluding hydrogens is 410 g/mol. The fourth-order valence-electron chi connectivity index (χ4n) is 4.33. The number of nitrogens with zero attached hydrogens (tertiary/aromatic N) is 1. The molecule has 2 atom stereocenters. The lowest BCUT2D eigenvalue weighted by atomic mass is 9.92. The molecule has 2 heterocycles. The van der Waals surface area contributed by atoms with Crippen LogP contribution in [0.4, 0.5) is 0 Å². The lowest BCUT2D eigenvalue weighted by Gasteiger charge is -2.32. The van der Waals surface area contributed by atoms with Crippen molar-refractivity contribution in [3.05, 3.63) is 70.1 Å². The van der Waals surface area contributed by atoms with Crippen molar-refractivity contribution in [3.8, 4) is 11.1 Å². The van der Waals surface area contributed by atoms with E-state index in [1.807, 2.05) is 31.2 Å². The predicted octanol–water partition coefficient (Wildman–Crippen LogP) is 3.37. The largest absolute Gasteiger partial charge is 0.481 e. The Morgan fingerprint density at radius 1 is 1.16 bits per heavy atom. The van der Waals surface area contributed by atoms with Gasteiger partial charge >= 0.3 is 11.6 Å². The van der Waals surface area contributed by atoms with Gasteiger partial charge in [-0.25, -0.2) is 4.79 Å². The minimum atomic E-state index is -1.10. The molecule has 7 nitrogen and oxygen atoms in total. The average Bonchev–Trinajstić information content (AvgIpc) is 2.79. The monoisotopic (exact) mass is 433 g/mol. The molecular formula is C25H23NO6. The summed E-state index contributed by atoms with van der Waals surface area (Å²) in [6.45, 7) is 2.44. The van der Waals surface area contributed by atoms with Crippen LogP contribution in [0.3, 0.4) is 0 Å². The Morgan fingerprint density at radius 3 is 2.66 bits per heavy atom. The van der Waals surface area contributed by atoms with E-state index < -0.39 is 29.3 Å². The van der Waals surface area contributed by atoms with Gasteiger partial charge in [-0.3, -0.25) is 9.59 Å². The van der Waals surface area contributed by atoms with E-state index in [4.69, 9.17) is 4.42 Å². The van der Waals surface area contributed by atoms with Gasteiger partial charge in [0, 0.05) is 30.1 Å². The number of rotatable bonds is 5. The molecule has 1 saturated heterocycles. The standard InChI is InChI=1S/C25H23NO6/c1-15-5-2-3-7-18(15)20-12-23(28)32-22-11-16(8-9-19(20)22)21(14-27)24(29)26-10-4-6-17(13-26)25(30)31/h2-3,5,7-9,11-12,14,17,21H,4,6,10,13H2,1H3,(H,30,31)/t17-,21?/m0/s1. The second-order valence-corrected chi connectivity index (χ2v) is 8.13. The number of aldehydes is 1. The summed E-state index contributed by atoms with van der Waals surface area (Å²) in [7, 11) is 0. The van der Waals surface area contributed by atoms with Crippen molar-refractivity contribution in [2.75, 3.05) is 13.1 Å². The lowest BCUT2D eigenvalue weighted by molar-refractivity contribution is -0.146. The van der Waals surface area contributed by atoms with E-state index in [2.05, 4.69) is 0 Å². The number of piperidine rings is 1. The molecule has 1 fully saturated rings. The summed E-state index contributed by atoms with van der Waals surface area (Å²) >= 11 is 0. The smallest absolute Gasteiger partial charge is 0.336 e. The number of amides is 1. The van der Waals surface area contributed by atoms with Crippen LogP contribution < -0.4 is 5.63 Å². The summed E-state index contributed by atoms with van der Waals surface area (Å²) in [5.41, 5.74) is 2.78. The van der Waals surface area contributed by atoms with Crippen LogP contribution in [0.15, 0.2) is 57.7 Å². The molecule has 2 aromatic carbocycles. The molecule has 4 rings (SSSR count). The molecule has 164 valence electrons. The minimum absolute atomic E-state index is 0.0819. The summed E-state index contributed by atoms with van der Waals surface area (Å²) in [6, 6.07) is 14.1. The quantitative estimate of drug-likeness (QED) is 0.376. The molecule has 0 radical (unpaired) electrons. The Labute approximate surface area is 184 Å². The molecule has 32 heavy (non-hydrogen) atoms. The first kappa shape index (κ1) is 21.5. The number of benzene rings is 2. The van der Waals surface area contributed by atoms with E-state index in [-0.39, 0.29) is 12.1 Å². The van der Waals surface area contributed by atoms with Crippen molar-refractivity contribution >= 4 is 29.1 Å². The Kier molecular flexibility index (Phi) is 5.90. The van der Waals surface area contributed by atoms with E-state index in [1.54, 1.807) is 18.2 Å². The first-order valence-electron chi connectivity index (χ1n) is 10.5. The topological polar surface area (TPSA) is 105 Å². The van der Waals surface area contributed by atoms with Crippen molar-refractivity contribution in [1.82, 2.24) is 4.90 Å². The van der Waals surface area contributed by atoms with Gasteiger partial charge in [-0.2, -0.15) is 0 Å². The number of carboxylic acid groups (broad SMARTS) is 1. The lowest BCUT2D eigenvalue weighted by Crippen LogP contribution is -2.44. The van der Waals surface area contributed by atoms with Crippen LogP contribution in [0.1, 0.15) is 29.9 Å². The van der Waals surface area contributed by atoms with Crippen LogP contribution in [0.5, 0.6) is 0 Å². The van der Waals surface area contributed by atoms with Crippen molar-refractivity contribution in [2.45, 2.75) is 25.7 Å². The fourth-order valence-corrected chi connectivity index (χ4v) is 4.33. The molecule has 0 bridgehead atoms. The molecule has 7 heteroatoms. The number of hydrogen-bond acceptors (Lipinski definition) is 5. The van der Waals surface area contributed by atoms with Crippen LogP contribution in [0.2, 0.25) is 0 Å². The Hall–Kier alpha value is -3.74. The zero-order valence-electron chi connectivity index (χ0n) is 17.6. The Bertz CT molecular complexity index is 1260. The Morgan fingerprint density at radius 2 is 1.94 bits per heavy atom. The van der Waals surface area contributed by atoms with Gasteiger partial charge in [-0.1, -0.05) is 36.4 Å². The van der Waals surface area contributed by atoms with Gasteiger partial charge in [0.25, 0.3) is 0 Å². The molecule has 1 N–H and O–H groups in total. The molecule has 1 aromatic heterocycles. The maximum atomic E-state index is 13.0. The van der Waals surface area contributed by atoms with E-state index in [1.165, 1.54) is 11.0 Å². The van der Waals surface area contributed by atoms with Crippen LogP contribution in [-0.2, 0) is 14.4 Å². The number of likely N-dealkylation sites (tertiary alicyclic amines) is 1. The minimum Gasteiger partial charge on any atom is -0.481 e. The molecule has 0 saturated carbocycles. The zero-order chi connectivity index (χ0) is 22.8. The van der Waals surface area contributed by atoms with Crippen LogP contribution in [0, 0.1) is 12.8 Å². The molecule has 1 aliphatic heterocycles. The summed E-state index contributed by atoms with van der Waals surface area (Å²) in [6.07, 6.45) is 1.63. The van der Waals surface area contributed by atoms with Crippen molar-refractivity contribution < 1.29 is 23.9 Å². The Balaban J connectivity index is 1.72. The third kappa shape index (κ3) is 4.06. The summed E-state index contributed by atoms with van der Waals surface area (Å²) in [5, 5.41) is 9.98. The molecule has 1 amide bonds. The highest BCUT2D eigenvalue weighted by molar-refractivity contribution is 6.00. The number of carbonyl (C=O) groups is 3. The third-order valence-electron chi connectivity index (χ3n) is 6.05. The highest BCUT2D eigenvalue weighted by Gasteiger charge is 2.32. The van der Waals surface area contributed by atoms with Gasteiger partial charge in [-0.05, 0) is 42.5 Å². The molecule has 1 unspecified atom stereocenters. The zero-order valence-corrected chi connectivity index (χ0v) is 17.6. The summed E-state index contributed by atoms with van der Waals surface area (Å²) in [4.78, 5) is 50.0. The summed E-state index contributed by atoms with van der Waals surface area (Å²) < 4.78 is 5.40. The molecule has 3 aromatic rings. The number of fused-ring (bicyclic) bond motifs is 1. The third-order valence-corrected chi connectivity index (χ3v) is 6.05. The highest BCUT2D eigenvalue weighted by Crippen LogP contribution is 2.32.